The molecular weight excluding hydrogens is 360 g/mol. The fourth-order valence-corrected chi connectivity index (χ4v) is 4.31. The molecule has 0 spiro atoms. The second-order valence-corrected chi connectivity index (χ2v) is 8.70. The van der Waals surface area contributed by atoms with Crippen LogP contribution in [-0.4, -0.2) is 24.9 Å². The molecule has 0 bridgehead atoms. The highest BCUT2D eigenvalue weighted by atomic mass is 32.2. The Morgan fingerprint density at radius 2 is 1.93 bits per heavy atom. The summed E-state index contributed by atoms with van der Waals surface area (Å²) >= 11 is 0. The lowest BCUT2D eigenvalue weighted by Gasteiger charge is -2.18. The molecule has 0 fully saturated rings. The van der Waals surface area contributed by atoms with Gasteiger partial charge in [0.2, 0.25) is 0 Å². The number of aromatic nitrogens is 2. The van der Waals surface area contributed by atoms with Gasteiger partial charge in [0, 0.05) is 6.54 Å². The van der Waals surface area contributed by atoms with Gasteiger partial charge in [-0.05, 0) is 49.1 Å². The molecule has 1 aromatic carbocycles. The maximum Gasteiger partial charge on any atom is 0.263 e. The molecule has 0 unspecified atom stereocenters. The number of nitrogens with one attached hydrogen (secondary N) is 2. The van der Waals surface area contributed by atoms with E-state index in [4.69, 9.17) is 0 Å². The Labute approximate surface area is 161 Å². The number of hydrogen-bond donors (Lipinski definition) is 2. The van der Waals surface area contributed by atoms with Gasteiger partial charge in [0.1, 0.15) is 0 Å². The third-order valence-electron chi connectivity index (χ3n) is 4.86. The number of anilines is 1. The summed E-state index contributed by atoms with van der Waals surface area (Å²) in [4.78, 5) is 8.84. The molecule has 1 aliphatic rings. The molecule has 2 aromatic rings. The monoisotopic (exact) mass is 388 g/mol. The Balaban J connectivity index is 1.60. The van der Waals surface area contributed by atoms with Crippen LogP contribution in [0.2, 0.25) is 0 Å². The van der Waals surface area contributed by atoms with Crippen molar-refractivity contribution in [3.63, 3.8) is 0 Å². The zero-order valence-corrected chi connectivity index (χ0v) is 16.7. The lowest BCUT2D eigenvalue weighted by atomic mass is 10.0. The normalized spacial score (nSPS) is 14.0. The van der Waals surface area contributed by atoms with E-state index in [1.165, 1.54) is 31.9 Å². The molecule has 2 N–H and O–H groups in total. The Morgan fingerprint density at radius 3 is 2.70 bits per heavy atom. The molecule has 0 aliphatic carbocycles. The van der Waals surface area contributed by atoms with Crippen molar-refractivity contribution < 1.29 is 8.42 Å². The topological polar surface area (TPSA) is 84.0 Å². The maximum atomic E-state index is 12.7. The molecule has 0 saturated heterocycles. The summed E-state index contributed by atoms with van der Waals surface area (Å²) in [6.45, 7) is 3.86. The van der Waals surface area contributed by atoms with E-state index >= 15 is 0 Å². The minimum absolute atomic E-state index is 0.254. The van der Waals surface area contributed by atoms with Crippen molar-refractivity contribution in [3.8, 4) is 0 Å². The maximum absolute atomic E-state index is 12.7. The first-order valence-electron chi connectivity index (χ1n) is 9.75. The van der Waals surface area contributed by atoms with Crippen LogP contribution in [0.25, 0.3) is 0 Å². The van der Waals surface area contributed by atoms with Crippen LogP contribution in [0.5, 0.6) is 0 Å². The Bertz CT molecular complexity index is 851. The average molecular weight is 389 g/mol. The Morgan fingerprint density at radius 1 is 1.07 bits per heavy atom. The van der Waals surface area contributed by atoms with Crippen molar-refractivity contribution in [1.82, 2.24) is 15.3 Å². The zero-order chi connectivity index (χ0) is 19.1. The predicted octanol–water partition coefficient (Wildman–Crippen LogP) is 3.44. The van der Waals surface area contributed by atoms with Gasteiger partial charge in [-0.3, -0.25) is 9.71 Å². The van der Waals surface area contributed by atoms with Crippen LogP contribution < -0.4 is 10.0 Å². The second-order valence-electron chi connectivity index (χ2n) is 7.02. The summed E-state index contributed by atoms with van der Waals surface area (Å²) in [5.41, 5.74) is 3.14. The molecule has 7 heteroatoms. The quantitative estimate of drug-likeness (QED) is 0.643. The average Bonchev–Trinajstić information content (AvgIpc) is 2.68. The first kappa shape index (κ1) is 19.8. The number of unbranched alkanes of at least 4 members (excludes halogenated alkanes) is 4. The van der Waals surface area contributed by atoms with Gasteiger partial charge < -0.3 is 5.32 Å². The van der Waals surface area contributed by atoms with Crippen LogP contribution in [0, 0.1) is 0 Å². The van der Waals surface area contributed by atoms with Gasteiger partial charge in [-0.15, -0.1) is 0 Å². The van der Waals surface area contributed by atoms with Crippen LogP contribution >= 0.6 is 0 Å². The molecule has 0 atom stereocenters. The van der Waals surface area contributed by atoms with Crippen LogP contribution in [0.3, 0.4) is 0 Å². The molecule has 1 aliphatic heterocycles. The van der Waals surface area contributed by atoms with Gasteiger partial charge in [-0.25, -0.2) is 13.4 Å². The van der Waals surface area contributed by atoms with E-state index in [-0.39, 0.29) is 10.7 Å². The summed E-state index contributed by atoms with van der Waals surface area (Å²) in [7, 11) is -3.66. The molecule has 2 heterocycles. The first-order valence-corrected chi connectivity index (χ1v) is 11.2. The van der Waals surface area contributed by atoms with E-state index in [1.807, 2.05) is 6.07 Å². The summed E-state index contributed by atoms with van der Waals surface area (Å²) in [6.07, 6.45) is 10.9. The molecule has 0 saturated carbocycles. The predicted molar refractivity (Wildman–Crippen MR) is 107 cm³/mol. The number of aryl methyl sites for hydroxylation is 1. The van der Waals surface area contributed by atoms with Crippen molar-refractivity contribution in [2.75, 3.05) is 11.3 Å². The van der Waals surface area contributed by atoms with Crippen molar-refractivity contribution in [2.24, 2.45) is 0 Å². The van der Waals surface area contributed by atoms with E-state index in [2.05, 4.69) is 26.9 Å². The fourth-order valence-electron chi connectivity index (χ4n) is 3.26. The van der Waals surface area contributed by atoms with E-state index in [0.717, 1.165) is 49.2 Å². The van der Waals surface area contributed by atoms with Gasteiger partial charge in [-0.1, -0.05) is 38.7 Å². The van der Waals surface area contributed by atoms with Crippen molar-refractivity contribution >= 4 is 15.8 Å². The first-order chi connectivity index (χ1) is 13.1. The number of nitrogens with zero attached hydrogens (tertiary/aromatic N) is 2. The number of hydrogen-bond acceptors (Lipinski definition) is 5. The minimum atomic E-state index is -3.66. The van der Waals surface area contributed by atoms with Gasteiger partial charge in [-0.2, -0.15) is 0 Å². The summed E-state index contributed by atoms with van der Waals surface area (Å²) < 4.78 is 27.8. The lowest BCUT2D eigenvalue weighted by Crippen LogP contribution is -2.24. The highest BCUT2D eigenvalue weighted by molar-refractivity contribution is 7.92. The van der Waals surface area contributed by atoms with E-state index in [1.54, 1.807) is 18.3 Å². The summed E-state index contributed by atoms with van der Waals surface area (Å²) in [6, 6.07) is 5.28. The van der Waals surface area contributed by atoms with E-state index < -0.39 is 10.0 Å². The van der Waals surface area contributed by atoms with Gasteiger partial charge in [0.25, 0.3) is 10.0 Å². The third kappa shape index (κ3) is 5.49. The van der Waals surface area contributed by atoms with E-state index in [9.17, 15) is 8.42 Å². The molecule has 0 radical (unpaired) electrons. The number of sulfonamides is 1. The number of benzene rings is 1. The molecule has 6 nitrogen and oxygen atoms in total. The SMILES string of the molecule is CCCCCCCc1cnc(NS(=O)(=O)c2ccc3c(c2)CCNC3)cn1. The highest BCUT2D eigenvalue weighted by Gasteiger charge is 2.18. The Hall–Kier alpha value is -1.99. The standard InChI is InChI=1S/C20H28N4O2S/c1-2-3-4-5-6-7-18-14-23-20(15-22-18)24-27(25,26)19-9-8-17-13-21-11-10-16(17)12-19/h8-9,12,14-15,21H,2-7,10-11,13H2,1H3,(H,23,24). The minimum Gasteiger partial charge on any atom is -0.312 e. The highest BCUT2D eigenvalue weighted by Crippen LogP contribution is 2.21. The van der Waals surface area contributed by atoms with Crippen molar-refractivity contribution in [2.45, 2.75) is 63.3 Å². The lowest BCUT2D eigenvalue weighted by molar-refractivity contribution is 0.599. The summed E-state index contributed by atoms with van der Waals surface area (Å²) in [5, 5.41) is 3.29. The van der Waals surface area contributed by atoms with E-state index in [0.29, 0.717) is 0 Å². The van der Waals surface area contributed by atoms with Gasteiger partial charge >= 0.3 is 0 Å². The van der Waals surface area contributed by atoms with Crippen LogP contribution in [-0.2, 0) is 29.4 Å². The number of fused-ring (bicyclic) bond motifs is 1. The number of rotatable bonds is 9. The molecule has 0 amide bonds. The largest absolute Gasteiger partial charge is 0.312 e. The summed E-state index contributed by atoms with van der Waals surface area (Å²) in [5.74, 6) is 0.254. The second kappa shape index (κ2) is 9.28. The third-order valence-corrected chi connectivity index (χ3v) is 6.21. The van der Waals surface area contributed by atoms with Gasteiger partial charge in [0.15, 0.2) is 5.82 Å². The van der Waals surface area contributed by atoms with Crippen molar-refractivity contribution in [3.05, 3.63) is 47.4 Å². The van der Waals surface area contributed by atoms with Crippen molar-refractivity contribution in [1.29, 1.82) is 0 Å². The van der Waals surface area contributed by atoms with Gasteiger partial charge in [0.05, 0.1) is 23.0 Å². The fraction of sp³-hybridized carbons (Fsp3) is 0.500. The molecule has 1 aromatic heterocycles. The Kier molecular flexibility index (Phi) is 6.79. The van der Waals surface area contributed by atoms with Crippen LogP contribution in [0.15, 0.2) is 35.5 Å². The molecule has 27 heavy (non-hydrogen) atoms. The molecule has 3 rings (SSSR count). The molecule has 146 valence electrons. The van der Waals surface area contributed by atoms with Crippen LogP contribution in [0.1, 0.15) is 55.8 Å². The zero-order valence-electron chi connectivity index (χ0n) is 15.9. The smallest absolute Gasteiger partial charge is 0.263 e. The van der Waals surface area contributed by atoms with Crippen LogP contribution in [0.4, 0.5) is 5.82 Å². The molecular formula is C20H28N4O2S.